The van der Waals surface area contributed by atoms with E-state index in [1.54, 1.807) is 0 Å². The van der Waals surface area contributed by atoms with Gasteiger partial charge in [0.05, 0.1) is 0 Å². The maximum atomic E-state index is 12.1. The molecule has 15 heavy (non-hydrogen) atoms. The van der Waals surface area contributed by atoms with E-state index >= 15 is 0 Å². The van der Waals surface area contributed by atoms with Crippen LogP contribution in [-0.4, -0.2) is 37.5 Å². The van der Waals surface area contributed by atoms with Crippen molar-refractivity contribution in [3.63, 3.8) is 0 Å². The van der Waals surface area contributed by atoms with Crippen molar-refractivity contribution in [3.8, 4) is 0 Å². The van der Waals surface area contributed by atoms with Gasteiger partial charge in [0.2, 0.25) is 5.91 Å². The molecule has 2 rings (SSSR count). The summed E-state index contributed by atoms with van der Waals surface area (Å²) in [6.07, 6.45) is 3.99. The van der Waals surface area contributed by atoms with Crippen molar-refractivity contribution < 1.29 is 4.79 Å². The van der Waals surface area contributed by atoms with E-state index in [9.17, 15) is 4.79 Å². The molecule has 1 saturated heterocycles. The summed E-state index contributed by atoms with van der Waals surface area (Å²) >= 11 is 0. The number of hydrogen-bond donors (Lipinski definition) is 1. The van der Waals surface area contributed by atoms with Crippen LogP contribution in [0.5, 0.6) is 0 Å². The molecule has 0 aromatic rings. The zero-order valence-corrected chi connectivity index (χ0v) is 9.83. The number of carbonyl (C=O) groups is 1. The average molecular weight is 210 g/mol. The second kappa shape index (κ2) is 4.52. The van der Waals surface area contributed by atoms with E-state index in [1.807, 2.05) is 11.9 Å². The first-order valence-electron chi connectivity index (χ1n) is 6.14. The first kappa shape index (κ1) is 10.9. The van der Waals surface area contributed by atoms with Crippen molar-refractivity contribution in [2.24, 2.45) is 17.8 Å². The molecule has 0 spiro atoms. The summed E-state index contributed by atoms with van der Waals surface area (Å²) < 4.78 is 0. The van der Waals surface area contributed by atoms with E-state index in [0.717, 1.165) is 25.6 Å². The molecule has 0 aromatic carbocycles. The van der Waals surface area contributed by atoms with E-state index in [4.69, 9.17) is 0 Å². The number of nitrogens with one attached hydrogen (secondary N) is 1. The minimum Gasteiger partial charge on any atom is -0.345 e. The molecule has 1 amide bonds. The van der Waals surface area contributed by atoms with Crippen LogP contribution in [0.2, 0.25) is 0 Å². The Balaban J connectivity index is 1.77. The van der Waals surface area contributed by atoms with E-state index in [1.165, 1.54) is 19.3 Å². The standard InChI is InChI=1S/C12H22N2O/c1-9(11-6-13-7-11)12(15)14(2)8-10-4-3-5-10/h9-11,13H,3-8H2,1-2H3. The molecule has 0 radical (unpaired) electrons. The number of carbonyl (C=O) groups excluding carboxylic acids is 1. The third-order valence-corrected chi connectivity index (χ3v) is 4.04. The Bertz CT molecular complexity index is 234. The average Bonchev–Trinajstić information content (AvgIpc) is 2.06. The van der Waals surface area contributed by atoms with Gasteiger partial charge in [0.15, 0.2) is 0 Å². The molecular formula is C12H22N2O. The zero-order chi connectivity index (χ0) is 10.8. The topological polar surface area (TPSA) is 32.3 Å². The zero-order valence-electron chi connectivity index (χ0n) is 9.83. The van der Waals surface area contributed by atoms with E-state index in [-0.39, 0.29) is 5.92 Å². The van der Waals surface area contributed by atoms with E-state index in [2.05, 4.69) is 12.2 Å². The lowest BCUT2D eigenvalue weighted by atomic mass is 9.84. The smallest absolute Gasteiger partial charge is 0.225 e. The normalized spacial score (nSPS) is 24.1. The highest BCUT2D eigenvalue weighted by Crippen LogP contribution is 2.27. The van der Waals surface area contributed by atoms with Gasteiger partial charge in [0.1, 0.15) is 0 Å². The lowest BCUT2D eigenvalue weighted by molar-refractivity contribution is -0.137. The summed E-state index contributed by atoms with van der Waals surface area (Å²) in [4.78, 5) is 14.0. The molecule has 1 aliphatic carbocycles. The molecule has 3 nitrogen and oxygen atoms in total. The summed E-state index contributed by atoms with van der Waals surface area (Å²) in [7, 11) is 1.96. The van der Waals surface area contributed by atoms with Crippen LogP contribution in [-0.2, 0) is 4.79 Å². The molecule has 1 saturated carbocycles. The monoisotopic (exact) mass is 210 g/mol. The summed E-state index contributed by atoms with van der Waals surface area (Å²) in [6.45, 7) is 5.09. The number of nitrogens with zero attached hydrogens (tertiary/aromatic N) is 1. The van der Waals surface area contributed by atoms with Crippen LogP contribution in [0.4, 0.5) is 0 Å². The van der Waals surface area contributed by atoms with Gasteiger partial charge >= 0.3 is 0 Å². The molecular weight excluding hydrogens is 188 g/mol. The lowest BCUT2D eigenvalue weighted by Crippen LogP contribution is -2.50. The fourth-order valence-electron chi connectivity index (χ4n) is 2.37. The predicted octanol–water partition coefficient (Wildman–Crippen LogP) is 1.10. The second-order valence-corrected chi connectivity index (χ2v) is 5.22. The van der Waals surface area contributed by atoms with Gasteiger partial charge in [-0.15, -0.1) is 0 Å². The molecule has 1 aliphatic heterocycles. The van der Waals surface area contributed by atoms with Gasteiger partial charge in [0, 0.05) is 19.5 Å². The van der Waals surface area contributed by atoms with Crippen molar-refractivity contribution in [1.82, 2.24) is 10.2 Å². The summed E-state index contributed by atoms with van der Waals surface area (Å²) in [6, 6.07) is 0. The molecule has 1 atom stereocenters. The maximum Gasteiger partial charge on any atom is 0.225 e. The highest BCUT2D eigenvalue weighted by atomic mass is 16.2. The molecule has 2 fully saturated rings. The molecule has 3 heteroatoms. The highest BCUT2D eigenvalue weighted by molar-refractivity contribution is 5.78. The van der Waals surface area contributed by atoms with Crippen molar-refractivity contribution in [3.05, 3.63) is 0 Å². The third-order valence-electron chi connectivity index (χ3n) is 4.04. The van der Waals surface area contributed by atoms with E-state index < -0.39 is 0 Å². The summed E-state index contributed by atoms with van der Waals surface area (Å²) in [5.74, 6) is 1.90. The minimum atomic E-state index is 0.205. The van der Waals surface area contributed by atoms with Gasteiger partial charge in [-0.05, 0) is 37.8 Å². The van der Waals surface area contributed by atoms with Crippen LogP contribution in [0.1, 0.15) is 26.2 Å². The van der Waals surface area contributed by atoms with Crippen LogP contribution in [0.3, 0.4) is 0 Å². The molecule has 1 N–H and O–H groups in total. The maximum absolute atomic E-state index is 12.1. The Kier molecular flexibility index (Phi) is 3.29. The van der Waals surface area contributed by atoms with Gasteiger partial charge in [-0.1, -0.05) is 13.3 Å². The van der Waals surface area contributed by atoms with Gasteiger partial charge in [-0.3, -0.25) is 4.79 Å². The Morgan fingerprint density at radius 2 is 2.13 bits per heavy atom. The molecule has 0 bridgehead atoms. The first-order chi connectivity index (χ1) is 7.18. The molecule has 1 unspecified atom stereocenters. The van der Waals surface area contributed by atoms with Crippen molar-refractivity contribution in [1.29, 1.82) is 0 Å². The fourth-order valence-corrected chi connectivity index (χ4v) is 2.37. The minimum absolute atomic E-state index is 0.205. The Hall–Kier alpha value is -0.570. The number of hydrogen-bond acceptors (Lipinski definition) is 2. The molecule has 1 heterocycles. The predicted molar refractivity (Wildman–Crippen MR) is 60.5 cm³/mol. The largest absolute Gasteiger partial charge is 0.345 e. The SMILES string of the molecule is CC(C(=O)N(C)CC1CCC1)C1CNC1. The van der Waals surface area contributed by atoms with Gasteiger partial charge < -0.3 is 10.2 Å². The molecule has 0 aromatic heterocycles. The van der Waals surface area contributed by atoms with Crippen LogP contribution >= 0.6 is 0 Å². The molecule has 86 valence electrons. The highest BCUT2D eigenvalue weighted by Gasteiger charge is 2.31. The van der Waals surface area contributed by atoms with Gasteiger partial charge in [-0.25, -0.2) is 0 Å². The van der Waals surface area contributed by atoms with Crippen LogP contribution in [0, 0.1) is 17.8 Å². The quantitative estimate of drug-likeness (QED) is 0.753. The van der Waals surface area contributed by atoms with Gasteiger partial charge in [0.25, 0.3) is 0 Å². The number of rotatable bonds is 4. The van der Waals surface area contributed by atoms with Crippen LogP contribution in [0.25, 0.3) is 0 Å². The van der Waals surface area contributed by atoms with Crippen molar-refractivity contribution in [2.75, 3.05) is 26.7 Å². The fraction of sp³-hybridized carbons (Fsp3) is 0.917. The van der Waals surface area contributed by atoms with Crippen molar-refractivity contribution >= 4 is 5.91 Å². The Labute approximate surface area is 92.2 Å². The van der Waals surface area contributed by atoms with Gasteiger partial charge in [-0.2, -0.15) is 0 Å². The van der Waals surface area contributed by atoms with Crippen LogP contribution in [0.15, 0.2) is 0 Å². The Morgan fingerprint density at radius 1 is 1.47 bits per heavy atom. The second-order valence-electron chi connectivity index (χ2n) is 5.22. The lowest BCUT2D eigenvalue weighted by Gasteiger charge is -2.36. The summed E-state index contributed by atoms with van der Waals surface area (Å²) in [5, 5.41) is 3.23. The first-order valence-corrected chi connectivity index (χ1v) is 6.14. The van der Waals surface area contributed by atoms with Crippen LogP contribution < -0.4 is 5.32 Å². The third kappa shape index (κ3) is 2.33. The van der Waals surface area contributed by atoms with Crippen molar-refractivity contribution in [2.45, 2.75) is 26.2 Å². The van der Waals surface area contributed by atoms with E-state index in [0.29, 0.717) is 11.8 Å². The summed E-state index contributed by atoms with van der Waals surface area (Å²) in [5.41, 5.74) is 0. The molecule has 2 aliphatic rings. The number of amides is 1. The Morgan fingerprint density at radius 3 is 2.53 bits per heavy atom.